The van der Waals surface area contributed by atoms with Crippen LogP contribution in [0.25, 0.3) is 0 Å². The van der Waals surface area contributed by atoms with Crippen molar-refractivity contribution in [3.05, 3.63) is 0 Å². The van der Waals surface area contributed by atoms with E-state index in [-0.39, 0.29) is 6.54 Å². The van der Waals surface area contributed by atoms with Crippen LogP contribution in [0.5, 0.6) is 0 Å². The van der Waals surface area contributed by atoms with Gasteiger partial charge < -0.3 is 9.90 Å². The van der Waals surface area contributed by atoms with Crippen molar-refractivity contribution in [2.75, 3.05) is 13.1 Å². The minimum Gasteiger partial charge on any atom is -0.544 e. The van der Waals surface area contributed by atoms with E-state index in [2.05, 4.69) is 0 Å². The summed E-state index contributed by atoms with van der Waals surface area (Å²) in [5, 5.41) is 10.0. The number of hydrogen-bond donors (Lipinski definition) is 0. The van der Waals surface area contributed by atoms with Crippen molar-refractivity contribution < 1.29 is 19.3 Å². The molecule has 0 aliphatic rings. The third-order valence-electron chi connectivity index (χ3n) is 1.23. The molecular weight excluding hydrogens is 146 g/mol. The fourth-order valence-electron chi connectivity index (χ4n) is 0.662. The van der Waals surface area contributed by atoms with Crippen LogP contribution in [0.2, 0.25) is 0 Å². The Labute approximate surface area is 65.2 Å². The molecule has 0 radical (unpaired) electrons. The zero-order valence-corrected chi connectivity index (χ0v) is 6.50. The summed E-state index contributed by atoms with van der Waals surface area (Å²) >= 11 is 0. The topological polar surface area (TPSA) is 60.2 Å². The molecule has 0 aromatic carbocycles. The number of nitrogens with zero attached hydrogens (tertiary/aromatic N) is 1. The van der Waals surface area contributed by atoms with Gasteiger partial charge in [-0.3, -0.25) is 0 Å². The first-order valence-electron chi connectivity index (χ1n) is 3.53. The van der Waals surface area contributed by atoms with Gasteiger partial charge in [0.1, 0.15) is 5.97 Å². The molecule has 0 amide bonds. The lowest BCUT2D eigenvalue weighted by atomic mass is 10.3. The van der Waals surface area contributed by atoms with Crippen LogP contribution in [0, 0.1) is 0 Å². The summed E-state index contributed by atoms with van der Waals surface area (Å²) in [6.07, 6.45) is 3.25. The van der Waals surface area contributed by atoms with Gasteiger partial charge in [0.2, 0.25) is 0 Å². The number of carbonyl (C=O) groups excluding carboxylic acids is 2. The molecule has 0 rings (SSSR count). The van der Waals surface area contributed by atoms with E-state index in [0.29, 0.717) is 6.54 Å². The summed E-state index contributed by atoms with van der Waals surface area (Å²) in [7, 11) is 0. The van der Waals surface area contributed by atoms with Gasteiger partial charge >= 0.3 is 6.08 Å². The molecular formula is C7H11NO3. The van der Waals surface area contributed by atoms with Crippen LogP contribution < -0.4 is 5.11 Å². The van der Waals surface area contributed by atoms with Crippen LogP contribution in [0.1, 0.15) is 19.8 Å². The Morgan fingerprint density at radius 2 is 2.27 bits per heavy atom. The van der Waals surface area contributed by atoms with Gasteiger partial charge in [-0.05, 0) is 0 Å². The Kier molecular flexibility index (Phi) is 5.03. The summed E-state index contributed by atoms with van der Waals surface area (Å²) in [4.78, 5) is 20.1. The lowest BCUT2D eigenvalue weighted by Crippen LogP contribution is -2.33. The molecule has 0 fully saturated rings. The third kappa shape index (κ3) is 5.30. The van der Waals surface area contributed by atoms with Crippen LogP contribution in [0.4, 0.5) is 0 Å². The van der Waals surface area contributed by atoms with Gasteiger partial charge in [-0.1, -0.05) is 13.3 Å². The van der Waals surface area contributed by atoms with Crippen LogP contribution in [-0.4, -0.2) is 29.7 Å². The second-order valence-corrected chi connectivity index (χ2v) is 2.24. The predicted octanol–water partition coefficient (Wildman–Crippen LogP) is -1.12. The second kappa shape index (κ2) is 5.62. The molecule has 0 spiro atoms. The van der Waals surface area contributed by atoms with Crippen molar-refractivity contribution >= 4 is 12.0 Å². The van der Waals surface area contributed by atoms with E-state index in [9.17, 15) is 14.7 Å². The normalized spacial score (nSPS) is 8.82. The Hall–Kier alpha value is -1.15. The van der Waals surface area contributed by atoms with Crippen molar-refractivity contribution in [3.63, 3.8) is 0 Å². The van der Waals surface area contributed by atoms with Crippen molar-refractivity contribution in [2.45, 2.75) is 19.8 Å². The average Bonchev–Trinajstić information content (AvgIpc) is 1.97. The second-order valence-electron chi connectivity index (χ2n) is 2.24. The maximum absolute atomic E-state index is 10.1. The van der Waals surface area contributed by atoms with E-state index in [1.54, 1.807) is 0 Å². The van der Waals surface area contributed by atoms with Gasteiger partial charge in [0.05, 0.1) is 0 Å². The SMILES string of the molecule is CCCC[N+](=C=O)CC(=O)[O-]. The van der Waals surface area contributed by atoms with Crippen LogP contribution in [-0.2, 0) is 9.59 Å². The minimum absolute atomic E-state index is 0.358. The third-order valence-corrected chi connectivity index (χ3v) is 1.23. The fourth-order valence-corrected chi connectivity index (χ4v) is 0.662. The zero-order valence-electron chi connectivity index (χ0n) is 6.50. The number of carboxylic acid groups (broad SMARTS) is 1. The standard InChI is InChI=1S/C7H11NO3/c1-2-3-4-8(6-9)5-7(10)11/h2-5H2,1H3. The molecule has 62 valence electrons. The van der Waals surface area contributed by atoms with Crippen molar-refractivity contribution in [3.8, 4) is 0 Å². The first-order chi connectivity index (χ1) is 5.20. The van der Waals surface area contributed by atoms with Crippen LogP contribution in [0.15, 0.2) is 0 Å². The summed E-state index contributed by atoms with van der Waals surface area (Å²) in [6.45, 7) is 2.04. The van der Waals surface area contributed by atoms with E-state index < -0.39 is 5.97 Å². The van der Waals surface area contributed by atoms with Gasteiger partial charge in [0.25, 0.3) is 0 Å². The molecule has 0 aromatic heterocycles. The number of isocyanates is 1. The van der Waals surface area contributed by atoms with Crippen molar-refractivity contribution in [1.29, 1.82) is 0 Å². The number of hydrogen-bond acceptors (Lipinski definition) is 3. The highest BCUT2D eigenvalue weighted by Gasteiger charge is 2.03. The Bertz CT molecular complexity index is 182. The lowest BCUT2D eigenvalue weighted by Gasteiger charge is -1.97. The number of carbonyl (C=O) groups is 1. The quantitative estimate of drug-likeness (QED) is 0.288. The molecule has 0 atom stereocenters. The molecule has 0 aromatic rings. The van der Waals surface area contributed by atoms with E-state index in [4.69, 9.17) is 0 Å². The molecule has 0 aliphatic heterocycles. The van der Waals surface area contributed by atoms with Crippen LogP contribution >= 0.6 is 0 Å². The summed E-state index contributed by atoms with van der Waals surface area (Å²) in [5.74, 6) is -1.25. The Morgan fingerprint density at radius 3 is 2.64 bits per heavy atom. The summed E-state index contributed by atoms with van der Waals surface area (Å²) in [5.41, 5.74) is 0. The van der Waals surface area contributed by atoms with Crippen molar-refractivity contribution in [1.82, 2.24) is 0 Å². The van der Waals surface area contributed by atoms with Gasteiger partial charge in [0.15, 0.2) is 13.1 Å². The highest BCUT2D eigenvalue weighted by Crippen LogP contribution is 1.85. The molecule has 0 N–H and O–H groups in total. The molecule has 0 bridgehead atoms. The lowest BCUT2D eigenvalue weighted by molar-refractivity contribution is -0.525. The molecule has 0 heterocycles. The molecule has 0 unspecified atom stereocenters. The first-order valence-corrected chi connectivity index (χ1v) is 3.53. The fraction of sp³-hybridized carbons (Fsp3) is 0.714. The first kappa shape index (κ1) is 9.85. The number of carboxylic acids is 1. The van der Waals surface area contributed by atoms with Gasteiger partial charge in [-0.2, -0.15) is 4.79 Å². The molecule has 0 aliphatic carbocycles. The molecule has 0 saturated heterocycles. The van der Waals surface area contributed by atoms with Gasteiger partial charge in [-0.25, -0.2) is 0 Å². The van der Waals surface area contributed by atoms with Crippen molar-refractivity contribution in [2.24, 2.45) is 0 Å². The molecule has 11 heavy (non-hydrogen) atoms. The van der Waals surface area contributed by atoms with Crippen LogP contribution in [0.3, 0.4) is 0 Å². The smallest absolute Gasteiger partial charge is 0.424 e. The molecule has 0 saturated carbocycles. The summed E-state index contributed by atoms with van der Waals surface area (Å²) < 4.78 is 1.07. The highest BCUT2D eigenvalue weighted by molar-refractivity contribution is 5.65. The zero-order chi connectivity index (χ0) is 8.69. The Morgan fingerprint density at radius 1 is 1.64 bits per heavy atom. The van der Waals surface area contributed by atoms with Gasteiger partial charge in [0, 0.05) is 6.42 Å². The molecule has 4 heteroatoms. The monoisotopic (exact) mass is 157 g/mol. The number of rotatable bonds is 5. The minimum atomic E-state index is -1.25. The largest absolute Gasteiger partial charge is 0.544 e. The van der Waals surface area contributed by atoms with Gasteiger partial charge in [-0.15, -0.1) is 4.58 Å². The highest BCUT2D eigenvalue weighted by atomic mass is 16.4. The number of unbranched alkanes of at least 4 members (excludes halogenated alkanes) is 1. The average molecular weight is 157 g/mol. The number of aliphatic carboxylic acids is 1. The Balaban J connectivity index is 3.79. The molecule has 4 nitrogen and oxygen atoms in total. The van der Waals surface area contributed by atoms with E-state index >= 15 is 0 Å². The predicted molar refractivity (Wildman–Crippen MR) is 35.6 cm³/mol. The van der Waals surface area contributed by atoms with E-state index in [1.165, 1.54) is 6.08 Å². The van der Waals surface area contributed by atoms with E-state index in [1.807, 2.05) is 6.92 Å². The van der Waals surface area contributed by atoms with E-state index in [0.717, 1.165) is 17.4 Å². The maximum atomic E-state index is 10.1. The maximum Gasteiger partial charge on any atom is 0.424 e. The summed E-state index contributed by atoms with van der Waals surface area (Å²) in [6, 6.07) is 0.